The van der Waals surface area contributed by atoms with Crippen molar-refractivity contribution in [3.8, 4) is 5.75 Å². The number of carbonyl (C=O) groups is 1. The molecule has 2 aromatic carbocycles. The molecular formula is C21H25N5O2. The fourth-order valence-electron chi connectivity index (χ4n) is 3.73. The number of H-pyrrole nitrogens is 1. The van der Waals surface area contributed by atoms with Gasteiger partial charge in [0.1, 0.15) is 5.75 Å². The van der Waals surface area contributed by atoms with Crippen molar-refractivity contribution >= 4 is 22.5 Å². The first-order valence-electron chi connectivity index (χ1n) is 9.58. The second-order valence-corrected chi connectivity index (χ2v) is 7.29. The smallest absolute Gasteiger partial charge is 0.255 e. The number of piperidine rings is 1. The standard InChI is InChI=1S/C21H25N5O2/c22-21(27)14-28-19-5-1-3-15(9-19)12-26-8-2-4-18(13-26)24-17-6-7-20-16(10-17)11-23-25-20/h1,3,5-7,9-11,18,24H,2,4,8,12-14H2,(H2,22,27)(H,23,25)/t18-/m1/s1. The van der Waals surface area contributed by atoms with E-state index in [9.17, 15) is 4.79 Å². The van der Waals surface area contributed by atoms with Gasteiger partial charge < -0.3 is 15.8 Å². The van der Waals surface area contributed by atoms with Crippen molar-refractivity contribution in [3.05, 3.63) is 54.2 Å². The van der Waals surface area contributed by atoms with Crippen LogP contribution >= 0.6 is 0 Å². The molecule has 1 atom stereocenters. The van der Waals surface area contributed by atoms with Gasteiger partial charge in [-0.1, -0.05) is 12.1 Å². The minimum Gasteiger partial charge on any atom is -0.484 e. The molecule has 0 aliphatic carbocycles. The van der Waals surface area contributed by atoms with E-state index in [1.54, 1.807) is 0 Å². The topological polar surface area (TPSA) is 96.3 Å². The zero-order valence-corrected chi connectivity index (χ0v) is 15.7. The van der Waals surface area contributed by atoms with Crippen LogP contribution in [0, 0.1) is 0 Å². The Morgan fingerprint density at radius 2 is 2.25 bits per heavy atom. The van der Waals surface area contributed by atoms with Crippen LogP contribution in [0.2, 0.25) is 0 Å². The van der Waals surface area contributed by atoms with Gasteiger partial charge in [0, 0.05) is 30.2 Å². The van der Waals surface area contributed by atoms with Crippen molar-refractivity contribution in [3.63, 3.8) is 0 Å². The number of nitrogens with two attached hydrogens (primary N) is 1. The van der Waals surface area contributed by atoms with Crippen LogP contribution in [0.3, 0.4) is 0 Å². The summed E-state index contributed by atoms with van der Waals surface area (Å²) in [5.74, 6) is 0.209. The summed E-state index contributed by atoms with van der Waals surface area (Å²) in [5.41, 5.74) is 8.49. The molecule has 1 aromatic heterocycles. The highest BCUT2D eigenvalue weighted by Gasteiger charge is 2.20. The van der Waals surface area contributed by atoms with Crippen molar-refractivity contribution in [2.24, 2.45) is 5.73 Å². The first-order valence-corrected chi connectivity index (χ1v) is 9.58. The van der Waals surface area contributed by atoms with E-state index in [1.165, 1.54) is 5.56 Å². The first kappa shape index (κ1) is 18.3. The third-order valence-electron chi connectivity index (χ3n) is 5.00. The number of primary amides is 1. The number of benzene rings is 2. The van der Waals surface area contributed by atoms with Crippen LogP contribution < -0.4 is 15.8 Å². The fraction of sp³-hybridized carbons (Fsp3) is 0.333. The van der Waals surface area contributed by atoms with Crippen LogP contribution in [-0.2, 0) is 11.3 Å². The molecule has 146 valence electrons. The Hall–Kier alpha value is -3.06. The molecule has 0 radical (unpaired) electrons. The summed E-state index contributed by atoms with van der Waals surface area (Å²) in [4.78, 5) is 13.3. The van der Waals surface area contributed by atoms with Crippen LogP contribution in [0.4, 0.5) is 5.69 Å². The van der Waals surface area contributed by atoms with E-state index in [0.29, 0.717) is 11.8 Å². The molecule has 7 heteroatoms. The summed E-state index contributed by atoms with van der Waals surface area (Å²) in [6, 6.07) is 14.6. The quantitative estimate of drug-likeness (QED) is 0.586. The SMILES string of the molecule is NC(=O)COc1cccc(CN2CCC[C@@H](Nc3ccc4[nH]ncc4c3)C2)c1. The number of hydrogen-bond acceptors (Lipinski definition) is 5. The molecule has 0 spiro atoms. The maximum absolute atomic E-state index is 10.9. The number of aromatic amines is 1. The predicted molar refractivity (Wildman–Crippen MR) is 109 cm³/mol. The molecule has 2 heterocycles. The van der Waals surface area contributed by atoms with Crippen LogP contribution in [0.25, 0.3) is 10.9 Å². The van der Waals surface area contributed by atoms with E-state index >= 15 is 0 Å². The van der Waals surface area contributed by atoms with Gasteiger partial charge in [0.2, 0.25) is 0 Å². The molecule has 1 aliphatic rings. The second kappa shape index (κ2) is 8.31. The van der Waals surface area contributed by atoms with Gasteiger partial charge in [0.25, 0.3) is 5.91 Å². The van der Waals surface area contributed by atoms with Gasteiger partial charge >= 0.3 is 0 Å². The van der Waals surface area contributed by atoms with Gasteiger partial charge in [-0.25, -0.2) is 0 Å². The number of hydrogen-bond donors (Lipinski definition) is 3. The lowest BCUT2D eigenvalue weighted by atomic mass is 10.0. The van der Waals surface area contributed by atoms with E-state index < -0.39 is 5.91 Å². The van der Waals surface area contributed by atoms with Crippen molar-refractivity contribution < 1.29 is 9.53 Å². The Kier molecular flexibility index (Phi) is 5.43. The van der Waals surface area contributed by atoms with Gasteiger partial charge in [-0.2, -0.15) is 5.10 Å². The predicted octanol–water partition coefficient (Wildman–Crippen LogP) is 2.50. The van der Waals surface area contributed by atoms with Crippen LogP contribution in [0.5, 0.6) is 5.75 Å². The molecule has 28 heavy (non-hydrogen) atoms. The monoisotopic (exact) mass is 379 g/mol. The molecule has 0 unspecified atom stereocenters. The Labute approximate surface area is 163 Å². The maximum Gasteiger partial charge on any atom is 0.255 e. The molecular weight excluding hydrogens is 354 g/mol. The minimum atomic E-state index is -0.469. The molecule has 3 aromatic rings. The number of nitrogens with zero attached hydrogens (tertiary/aromatic N) is 2. The van der Waals surface area contributed by atoms with Crippen LogP contribution in [0.15, 0.2) is 48.7 Å². The highest BCUT2D eigenvalue weighted by Crippen LogP contribution is 2.22. The van der Waals surface area contributed by atoms with Crippen molar-refractivity contribution in [2.45, 2.75) is 25.4 Å². The summed E-state index contributed by atoms with van der Waals surface area (Å²) >= 11 is 0. The first-order chi connectivity index (χ1) is 13.7. The number of likely N-dealkylation sites (tertiary alicyclic amines) is 1. The lowest BCUT2D eigenvalue weighted by molar-refractivity contribution is -0.119. The molecule has 0 saturated carbocycles. The molecule has 4 rings (SSSR count). The zero-order valence-electron chi connectivity index (χ0n) is 15.7. The second-order valence-electron chi connectivity index (χ2n) is 7.29. The number of anilines is 1. The van der Waals surface area contributed by atoms with E-state index in [0.717, 1.165) is 49.1 Å². The van der Waals surface area contributed by atoms with E-state index in [1.807, 2.05) is 24.4 Å². The van der Waals surface area contributed by atoms with Crippen LogP contribution in [0.1, 0.15) is 18.4 Å². The third kappa shape index (κ3) is 4.61. The van der Waals surface area contributed by atoms with Crippen molar-refractivity contribution in [1.82, 2.24) is 15.1 Å². The van der Waals surface area contributed by atoms with E-state index in [4.69, 9.17) is 10.5 Å². The van der Waals surface area contributed by atoms with E-state index in [2.05, 4.69) is 44.7 Å². The number of amides is 1. The Morgan fingerprint density at radius 1 is 1.32 bits per heavy atom. The Balaban J connectivity index is 1.35. The number of fused-ring (bicyclic) bond motifs is 1. The summed E-state index contributed by atoms with van der Waals surface area (Å²) in [5, 5.41) is 11.8. The lowest BCUT2D eigenvalue weighted by Gasteiger charge is -2.33. The summed E-state index contributed by atoms with van der Waals surface area (Å²) in [7, 11) is 0. The molecule has 1 amide bonds. The average molecular weight is 379 g/mol. The number of nitrogens with one attached hydrogen (secondary N) is 2. The largest absolute Gasteiger partial charge is 0.484 e. The number of aromatic nitrogens is 2. The number of carbonyl (C=O) groups excluding carboxylic acids is 1. The highest BCUT2D eigenvalue weighted by molar-refractivity contribution is 5.81. The van der Waals surface area contributed by atoms with Crippen molar-refractivity contribution in [1.29, 1.82) is 0 Å². The summed E-state index contributed by atoms with van der Waals surface area (Å²) < 4.78 is 5.41. The Morgan fingerprint density at radius 3 is 3.14 bits per heavy atom. The lowest BCUT2D eigenvalue weighted by Crippen LogP contribution is -2.41. The summed E-state index contributed by atoms with van der Waals surface area (Å²) in [6.07, 6.45) is 4.16. The fourth-order valence-corrected chi connectivity index (χ4v) is 3.73. The average Bonchev–Trinajstić information content (AvgIpc) is 3.15. The number of ether oxygens (including phenoxy) is 1. The summed E-state index contributed by atoms with van der Waals surface area (Å²) in [6.45, 7) is 2.81. The van der Waals surface area contributed by atoms with E-state index in [-0.39, 0.29) is 6.61 Å². The van der Waals surface area contributed by atoms with Gasteiger partial charge in [0.15, 0.2) is 6.61 Å². The van der Waals surface area contributed by atoms with Gasteiger partial charge in [0.05, 0.1) is 11.7 Å². The molecule has 0 bridgehead atoms. The van der Waals surface area contributed by atoms with Gasteiger partial charge in [-0.15, -0.1) is 0 Å². The Bertz CT molecular complexity index is 955. The zero-order chi connectivity index (χ0) is 19.3. The molecule has 1 saturated heterocycles. The molecule has 1 fully saturated rings. The third-order valence-corrected chi connectivity index (χ3v) is 5.00. The van der Waals surface area contributed by atoms with Gasteiger partial charge in [-0.3, -0.25) is 14.8 Å². The minimum absolute atomic E-state index is 0.0971. The molecule has 1 aliphatic heterocycles. The normalized spacial score (nSPS) is 17.5. The van der Waals surface area contributed by atoms with Crippen LogP contribution in [-0.4, -0.2) is 46.7 Å². The highest BCUT2D eigenvalue weighted by atomic mass is 16.5. The number of rotatable bonds is 7. The van der Waals surface area contributed by atoms with Crippen molar-refractivity contribution in [2.75, 3.05) is 25.0 Å². The molecule has 4 N–H and O–H groups in total. The molecule has 7 nitrogen and oxygen atoms in total. The van der Waals surface area contributed by atoms with Gasteiger partial charge in [-0.05, 0) is 55.3 Å². The maximum atomic E-state index is 10.9.